The fourth-order valence-corrected chi connectivity index (χ4v) is 1.97. The summed E-state index contributed by atoms with van der Waals surface area (Å²) in [7, 11) is 0. The monoisotopic (exact) mass is 266 g/mol. The third-order valence-corrected chi connectivity index (χ3v) is 2.99. The van der Waals surface area contributed by atoms with E-state index in [1.807, 2.05) is 0 Å². The van der Waals surface area contributed by atoms with Gasteiger partial charge in [0.05, 0.1) is 5.39 Å². The molecule has 0 aliphatic heterocycles. The summed E-state index contributed by atoms with van der Waals surface area (Å²) in [5.41, 5.74) is 0.470. The maximum Gasteiger partial charge on any atom is 0.228 e. The molecule has 0 aliphatic carbocycles. The number of carbonyl (C=O) groups excluding carboxylic acids is 1. The number of phenolic OH excluding ortho intramolecular Hbond substituents is 1. The fraction of sp³-hybridized carbons (Fsp3) is 0. The van der Waals surface area contributed by atoms with Crippen LogP contribution in [0.3, 0.4) is 0 Å². The number of phenols is 1. The summed E-state index contributed by atoms with van der Waals surface area (Å²) >= 11 is 0. The van der Waals surface area contributed by atoms with Crippen molar-refractivity contribution in [1.82, 2.24) is 0 Å². The molecule has 0 radical (unpaired) electrons. The first kappa shape index (κ1) is 12.2. The minimum atomic E-state index is -0.396. The lowest BCUT2D eigenvalue weighted by atomic mass is 10.1. The summed E-state index contributed by atoms with van der Waals surface area (Å²) in [6.07, 6.45) is 0. The molecule has 98 valence electrons. The molecule has 4 nitrogen and oxygen atoms in total. The molecule has 3 rings (SSSR count). The predicted octanol–water partition coefficient (Wildman–Crippen LogP) is 2.73. The minimum absolute atomic E-state index is 0.0145. The zero-order valence-electron chi connectivity index (χ0n) is 10.4. The highest BCUT2D eigenvalue weighted by Gasteiger charge is 2.14. The Morgan fingerprint density at radius 3 is 2.45 bits per heavy atom. The summed E-state index contributed by atoms with van der Waals surface area (Å²) in [5.74, 6) is -0.339. The standard InChI is InChI=1S/C16H10O4/c17-11-7-5-10(6-8-11)16(19)15-9-13(18)12-3-1-2-4-14(12)20-15/h1-9,17H. The average molecular weight is 266 g/mol. The van der Waals surface area contributed by atoms with Crippen molar-refractivity contribution >= 4 is 16.8 Å². The van der Waals surface area contributed by atoms with E-state index in [4.69, 9.17) is 4.42 Å². The third kappa shape index (κ3) is 2.07. The maximum absolute atomic E-state index is 12.2. The number of ketones is 1. The second-order valence-electron chi connectivity index (χ2n) is 4.35. The van der Waals surface area contributed by atoms with E-state index in [1.54, 1.807) is 24.3 Å². The van der Waals surface area contributed by atoms with Crippen molar-refractivity contribution in [2.24, 2.45) is 0 Å². The smallest absolute Gasteiger partial charge is 0.228 e. The number of hydrogen-bond donors (Lipinski definition) is 1. The Labute approximate surface area is 113 Å². The molecule has 1 heterocycles. The van der Waals surface area contributed by atoms with Gasteiger partial charge in [-0.15, -0.1) is 0 Å². The van der Waals surface area contributed by atoms with Gasteiger partial charge in [-0.2, -0.15) is 0 Å². The van der Waals surface area contributed by atoms with E-state index in [0.29, 0.717) is 16.5 Å². The Morgan fingerprint density at radius 2 is 1.70 bits per heavy atom. The van der Waals surface area contributed by atoms with Gasteiger partial charge in [0.15, 0.2) is 11.2 Å². The lowest BCUT2D eigenvalue weighted by molar-refractivity contribution is 0.101. The number of aromatic hydroxyl groups is 1. The molecule has 3 aromatic rings. The van der Waals surface area contributed by atoms with Crippen LogP contribution in [0.1, 0.15) is 16.1 Å². The minimum Gasteiger partial charge on any atom is -0.508 e. The van der Waals surface area contributed by atoms with Crippen molar-refractivity contribution in [1.29, 1.82) is 0 Å². The molecular formula is C16H10O4. The van der Waals surface area contributed by atoms with Crippen LogP contribution in [0, 0.1) is 0 Å². The van der Waals surface area contributed by atoms with Crippen molar-refractivity contribution in [2.45, 2.75) is 0 Å². The molecule has 1 N–H and O–H groups in total. The van der Waals surface area contributed by atoms with Crippen LogP contribution in [0.2, 0.25) is 0 Å². The number of rotatable bonds is 2. The van der Waals surface area contributed by atoms with Gasteiger partial charge in [0.2, 0.25) is 5.78 Å². The van der Waals surface area contributed by atoms with Crippen molar-refractivity contribution in [3.05, 3.63) is 76.1 Å². The van der Waals surface area contributed by atoms with E-state index in [-0.39, 0.29) is 16.9 Å². The van der Waals surface area contributed by atoms with Gasteiger partial charge >= 0.3 is 0 Å². The van der Waals surface area contributed by atoms with Crippen molar-refractivity contribution in [3.63, 3.8) is 0 Å². The number of hydrogen-bond acceptors (Lipinski definition) is 4. The Morgan fingerprint density at radius 1 is 1.00 bits per heavy atom. The molecule has 0 unspecified atom stereocenters. The normalized spacial score (nSPS) is 10.6. The van der Waals surface area contributed by atoms with Crippen molar-refractivity contribution in [2.75, 3.05) is 0 Å². The highest BCUT2D eigenvalue weighted by Crippen LogP contribution is 2.16. The van der Waals surface area contributed by atoms with Crippen LogP contribution in [-0.2, 0) is 0 Å². The third-order valence-electron chi connectivity index (χ3n) is 2.99. The van der Waals surface area contributed by atoms with Gasteiger partial charge in [0.1, 0.15) is 11.3 Å². The summed E-state index contributed by atoms with van der Waals surface area (Å²) in [4.78, 5) is 24.2. The molecule has 0 amide bonds. The van der Waals surface area contributed by atoms with Crippen LogP contribution in [0.4, 0.5) is 0 Å². The Balaban J connectivity index is 2.12. The van der Waals surface area contributed by atoms with E-state index in [1.165, 1.54) is 30.3 Å². The predicted molar refractivity (Wildman–Crippen MR) is 74.0 cm³/mol. The molecular weight excluding hydrogens is 256 g/mol. The molecule has 2 aromatic carbocycles. The van der Waals surface area contributed by atoms with Gasteiger partial charge in [-0.3, -0.25) is 9.59 Å². The Kier molecular flexibility index (Phi) is 2.84. The van der Waals surface area contributed by atoms with Gasteiger partial charge < -0.3 is 9.52 Å². The lowest BCUT2D eigenvalue weighted by Gasteiger charge is -2.02. The van der Waals surface area contributed by atoms with Crippen LogP contribution in [0.15, 0.2) is 63.8 Å². The molecule has 0 atom stereocenters. The van der Waals surface area contributed by atoms with Gasteiger partial charge in [0.25, 0.3) is 0 Å². The molecule has 0 bridgehead atoms. The van der Waals surface area contributed by atoms with Crippen LogP contribution in [-0.4, -0.2) is 10.9 Å². The number of fused-ring (bicyclic) bond motifs is 1. The van der Waals surface area contributed by atoms with Gasteiger partial charge in [-0.05, 0) is 36.4 Å². The SMILES string of the molecule is O=C(c1ccc(O)cc1)c1cc(=O)c2ccccc2o1. The molecule has 1 aromatic heterocycles. The highest BCUT2D eigenvalue weighted by atomic mass is 16.3. The first-order valence-corrected chi connectivity index (χ1v) is 6.02. The molecule has 0 aliphatic rings. The first-order valence-electron chi connectivity index (χ1n) is 6.02. The van der Waals surface area contributed by atoms with E-state index >= 15 is 0 Å². The Hall–Kier alpha value is -2.88. The van der Waals surface area contributed by atoms with Gasteiger partial charge in [-0.1, -0.05) is 12.1 Å². The molecule has 0 fully saturated rings. The number of benzene rings is 2. The van der Waals surface area contributed by atoms with Gasteiger partial charge in [0, 0.05) is 11.6 Å². The zero-order valence-corrected chi connectivity index (χ0v) is 10.4. The first-order chi connectivity index (χ1) is 9.65. The molecule has 0 saturated carbocycles. The number of para-hydroxylation sites is 1. The fourth-order valence-electron chi connectivity index (χ4n) is 1.97. The van der Waals surface area contributed by atoms with E-state index in [2.05, 4.69) is 0 Å². The molecule has 0 spiro atoms. The summed E-state index contributed by atoms with van der Waals surface area (Å²) in [6, 6.07) is 13.7. The highest BCUT2D eigenvalue weighted by molar-refractivity contribution is 6.07. The van der Waals surface area contributed by atoms with Crippen LogP contribution < -0.4 is 5.43 Å². The summed E-state index contributed by atoms with van der Waals surface area (Å²) in [6.45, 7) is 0. The quantitative estimate of drug-likeness (QED) is 0.724. The molecule has 20 heavy (non-hydrogen) atoms. The van der Waals surface area contributed by atoms with E-state index in [9.17, 15) is 14.7 Å². The van der Waals surface area contributed by atoms with Gasteiger partial charge in [-0.25, -0.2) is 0 Å². The van der Waals surface area contributed by atoms with Crippen LogP contribution in [0.5, 0.6) is 5.75 Å². The number of carbonyl (C=O) groups is 1. The second-order valence-corrected chi connectivity index (χ2v) is 4.35. The summed E-state index contributed by atoms with van der Waals surface area (Å²) < 4.78 is 5.48. The largest absolute Gasteiger partial charge is 0.508 e. The van der Waals surface area contributed by atoms with E-state index < -0.39 is 5.78 Å². The summed E-state index contributed by atoms with van der Waals surface area (Å²) in [5, 5.41) is 9.65. The average Bonchev–Trinajstić information content (AvgIpc) is 2.47. The topological polar surface area (TPSA) is 67.5 Å². The second kappa shape index (κ2) is 4.66. The zero-order chi connectivity index (χ0) is 14.1. The van der Waals surface area contributed by atoms with Crippen molar-refractivity contribution < 1.29 is 14.3 Å². The molecule has 0 saturated heterocycles. The maximum atomic E-state index is 12.2. The Bertz CT molecular complexity index is 844. The molecule has 4 heteroatoms. The van der Waals surface area contributed by atoms with E-state index in [0.717, 1.165) is 0 Å². The van der Waals surface area contributed by atoms with Crippen molar-refractivity contribution in [3.8, 4) is 5.75 Å². The van der Waals surface area contributed by atoms with Crippen LogP contribution >= 0.6 is 0 Å². The van der Waals surface area contributed by atoms with Crippen LogP contribution in [0.25, 0.3) is 11.0 Å². The lowest BCUT2D eigenvalue weighted by Crippen LogP contribution is -2.08.